The molecule has 0 radical (unpaired) electrons. The number of hydrogen-bond acceptors (Lipinski definition) is 5. The van der Waals surface area contributed by atoms with Gasteiger partial charge >= 0.3 is 6.16 Å². The molecule has 0 aromatic heterocycles. The maximum Gasteiger partial charge on any atom is 0.519 e. The van der Waals surface area contributed by atoms with Gasteiger partial charge in [0.1, 0.15) is 11.5 Å². The molecule has 0 aliphatic heterocycles. The van der Waals surface area contributed by atoms with Gasteiger partial charge in [-0.1, -0.05) is 83.9 Å². The molecule has 2 atom stereocenters. The highest BCUT2D eigenvalue weighted by atomic mass is 16.7. The summed E-state index contributed by atoms with van der Waals surface area (Å²) >= 11 is 0. The molecule has 5 heteroatoms. The van der Waals surface area contributed by atoms with Gasteiger partial charge in [-0.05, 0) is 63.1 Å². The van der Waals surface area contributed by atoms with Crippen molar-refractivity contribution in [3.8, 4) is 11.5 Å². The van der Waals surface area contributed by atoms with Crippen LogP contribution in [0.1, 0.15) is 59.4 Å². The summed E-state index contributed by atoms with van der Waals surface area (Å²) < 4.78 is 23.6. The summed E-state index contributed by atoms with van der Waals surface area (Å²) in [6.07, 6.45) is -1.40. The number of hydrogen-bond donors (Lipinski definition) is 0. The second-order valence-corrected chi connectivity index (χ2v) is 9.41. The zero-order chi connectivity index (χ0) is 26.9. The van der Waals surface area contributed by atoms with Gasteiger partial charge in [-0.25, -0.2) is 4.79 Å². The first-order chi connectivity index (χ1) is 18.4. The molecule has 4 aromatic rings. The van der Waals surface area contributed by atoms with Gasteiger partial charge in [-0.15, -0.1) is 0 Å². The molecule has 4 rings (SSSR count). The van der Waals surface area contributed by atoms with Gasteiger partial charge in [0.15, 0.2) is 0 Å². The maximum absolute atomic E-state index is 12.9. The van der Waals surface area contributed by atoms with Crippen molar-refractivity contribution < 1.29 is 23.7 Å². The number of carbonyl (C=O) groups excluding carboxylic acids is 1. The zero-order valence-electron chi connectivity index (χ0n) is 22.3. The maximum atomic E-state index is 12.9. The summed E-state index contributed by atoms with van der Waals surface area (Å²) in [6, 6.07) is 31.2. The Balaban J connectivity index is 1.44. The monoisotopic (exact) mass is 510 g/mol. The topological polar surface area (TPSA) is 54.0 Å². The molecule has 0 heterocycles. The largest absolute Gasteiger partial charge is 0.519 e. The quantitative estimate of drug-likeness (QED) is 0.158. The van der Waals surface area contributed by atoms with E-state index in [1.54, 1.807) is 12.1 Å². The SMILES string of the molecule is Cc1ccc(OC(=O)Oc2ccc(C)cc2C(C)OCc2ccccc2)c(C(C)OCc2ccccc2)c1. The van der Waals surface area contributed by atoms with E-state index in [0.29, 0.717) is 24.7 Å². The van der Waals surface area contributed by atoms with Crippen LogP contribution in [0.25, 0.3) is 0 Å². The van der Waals surface area contributed by atoms with E-state index >= 15 is 0 Å². The molecule has 0 fully saturated rings. The first kappa shape index (κ1) is 27.1. The van der Waals surface area contributed by atoms with E-state index in [1.165, 1.54) is 0 Å². The molecule has 0 saturated heterocycles. The van der Waals surface area contributed by atoms with Gasteiger partial charge in [-0.2, -0.15) is 0 Å². The smallest absolute Gasteiger partial charge is 0.394 e. The minimum atomic E-state index is -0.814. The standard InChI is InChI=1S/C33H34O5/c1-23-15-17-31(29(19-23)25(3)35-21-27-11-7-5-8-12-27)37-33(34)38-32-18-16-24(2)20-30(32)26(4)36-22-28-13-9-6-10-14-28/h5-20,25-26H,21-22H2,1-4H3. The van der Waals surface area contributed by atoms with Crippen molar-refractivity contribution in [3.63, 3.8) is 0 Å². The Bertz CT molecular complexity index is 1230. The Hall–Kier alpha value is -3.93. The van der Waals surface area contributed by atoms with E-state index in [4.69, 9.17) is 18.9 Å². The Kier molecular flexibility index (Phi) is 9.30. The fourth-order valence-electron chi connectivity index (χ4n) is 4.13. The Morgan fingerprint density at radius 2 is 1.00 bits per heavy atom. The average molecular weight is 511 g/mol. The van der Waals surface area contributed by atoms with Crippen LogP contribution in [-0.2, 0) is 22.7 Å². The van der Waals surface area contributed by atoms with Crippen molar-refractivity contribution in [1.29, 1.82) is 0 Å². The Morgan fingerprint density at radius 1 is 0.605 bits per heavy atom. The van der Waals surface area contributed by atoms with E-state index in [9.17, 15) is 4.79 Å². The van der Waals surface area contributed by atoms with Crippen LogP contribution in [0.3, 0.4) is 0 Å². The van der Waals surface area contributed by atoms with Gasteiger partial charge in [0, 0.05) is 11.1 Å². The average Bonchev–Trinajstić information content (AvgIpc) is 2.93. The molecule has 0 spiro atoms. The first-order valence-corrected chi connectivity index (χ1v) is 12.8. The fourth-order valence-corrected chi connectivity index (χ4v) is 4.13. The molecule has 5 nitrogen and oxygen atoms in total. The highest BCUT2D eigenvalue weighted by Gasteiger charge is 2.20. The van der Waals surface area contributed by atoms with Crippen molar-refractivity contribution in [2.24, 2.45) is 0 Å². The fraction of sp³-hybridized carbons (Fsp3) is 0.242. The van der Waals surface area contributed by atoms with Crippen LogP contribution in [0.5, 0.6) is 11.5 Å². The van der Waals surface area contributed by atoms with Gasteiger partial charge in [0.05, 0.1) is 25.4 Å². The molecule has 0 bridgehead atoms. The predicted molar refractivity (Wildman–Crippen MR) is 148 cm³/mol. The van der Waals surface area contributed by atoms with Crippen molar-refractivity contribution in [1.82, 2.24) is 0 Å². The van der Waals surface area contributed by atoms with Crippen LogP contribution in [-0.4, -0.2) is 6.16 Å². The van der Waals surface area contributed by atoms with Gasteiger partial charge < -0.3 is 18.9 Å². The van der Waals surface area contributed by atoms with Crippen LogP contribution in [0, 0.1) is 13.8 Å². The molecule has 196 valence electrons. The summed E-state index contributed by atoms with van der Waals surface area (Å²) in [6.45, 7) is 8.77. The lowest BCUT2D eigenvalue weighted by Crippen LogP contribution is -2.17. The minimum absolute atomic E-state index is 0.292. The van der Waals surface area contributed by atoms with E-state index in [-0.39, 0.29) is 12.2 Å². The third kappa shape index (κ3) is 7.54. The van der Waals surface area contributed by atoms with Gasteiger partial charge in [0.2, 0.25) is 0 Å². The molecule has 0 N–H and O–H groups in total. The summed E-state index contributed by atoms with van der Waals surface area (Å²) in [5.41, 5.74) is 5.79. The molecular weight excluding hydrogens is 476 g/mol. The lowest BCUT2D eigenvalue weighted by atomic mass is 10.1. The second-order valence-electron chi connectivity index (χ2n) is 9.41. The van der Waals surface area contributed by atoms with Crippen LogP contribution < -0.4 is 9.47 Å². The molecule has 38 heavy (non-hydrogen) atoms. The van der Waals surface area contributed by atoms with Gasteiger partial charge in [0.25, 0.3) is 0 Å². The lowest BCUT2D eigenvalue weighted by Gasteiger charge is -2.19. The third-order valence-electron chi connectivity index (χ3n) is 6.28. The van der Waals surface area contributed by atoms with E-state index in [1.807, 2.05) is 113 Å². The van der Waals surface area contributed by atoms with Crippen molar-refractivity contribution >= 4 is 6.16 Å². The van der Waals surface area contributed by atoms with Crippen LogP contribution >= 0.6 is 0 Å². The normalized spacial score (nSPS) is 12.5. The zero-order valence-corrected chi connectivity index (χ0v) is 22.3. The molecule has 4 aromatic carbocycles. The predicted octanol–water partition coefficient (Wildman–Crippen LogP) is 8.44. The highest BCUT2D eigenvalue weighted by molar-refractivity contribution is 5.68. The second kappa shape index (κ2) is 13.0. The Labute approximate surface area is 225 Å². The Morgan fingerprint density at radius 3 is 1.39 bits per heavy atom. The number of carbonyl (C=O) groups is 1. The highest BCUT2D eigenvalue weighted by Crippen LogP contribution is 2.32. The number of rotatable bonds is 10. The summed E-state index contributed by atoms with van der Waals surface area (Å²) in [5, 5.41) is 0. The van der Waals surface area contributed by atoms with Crippen molar-refractivity contribution in [2.45, 2.75) is 53.1 Å². The van der Waals surface area contributed by atoms with Crippen molar-refractivity contribution in [3.05, 3.63) is 130 Å². The summed E-state index contributed by atoms with van der Waals surface area (Å²) in [5.74, 6) is 0.811. The van der Waals surface area contributed by atoms with Crippen molar-refractivity contribution in [2.75, 3.05) is 0 Å². The van der Waals surface area contributed by atoms with E-state index < -0.39 is 6.16 Å². The molecule has 0 amide bonds. The molecule has 2 unspecified atom stereocenters. The third-order valence-corrected chi connectivity index (χ3v) is 6.28. The molecular formula is C33H34O5. The number of aryl methyl sites for hydroxylation is 2. The van der Waals surface area contributed by atoms with Crippen LogP contribution in [0.4, 0.5) is 4.79 Å². The van der Waals surface area contributed by atoms with Crippen LogP contribution in [0.15, 0.2) is 97.1 Å². The lowest BCUT2D eigenvalue weighted by molar-refractivity contribution is 0.0494. The molecule has 0 aliphatic carbocycles. The first-order valence-electron chi connectivity index (χ1n) is 12.8. The van der Waals surface area contributed by atoms with Crippen LogP contribution in [0.2, 0.25) is 0 Å². The summed E-state index contributed by atoms with van der Waals surface area (Å²) in [7, 11) is 0. The van der Waals surface area contributed by atoms with Gasteiger partial charge in [-0.3, -0.25) is 0 Å². The number of benzene rings is 4. The van der Waals surface area contributed by atoms with E-state index in [2.05, 4.69) is 0 Å². The minimum Gasteiger partial charge on any atom is -0.394 e. The van der Waals surface area contributed by atoms with E-state index in [0.717, 1.165) is 33.4 Å². The molecule has 0 saturated carbocycles. The molecule has 0 aliphatic rings. The number of ether oxygens (including phenoxy) is 4. The summed E-state index contributed by atoms with van der Waals surface area (Å²) in [4.78, 5) is 12.9.